The van der Waals surface area contributed by atoms with Gasteiger partial charge < -0.3 is 24.3 Å². The molecule has 0 aliphatic rings. The molecule has 0 spiro atoms. The van der Waals surface area contributed by atoms with Gasteiger partial charge in [-0.25, -0.2) is 0 Å². The van der Waals surface area contributed by atoms with Crippen molar-refractivity contribution in [2.45, 2.75) is 0 Å². The maximum Gasteiger partial charge on any atom is 0.257 e. The largest absolute Gasteiger partial charge is 0.497 e. The molecule has 0 aliphatic heterocycles. The molecule has 8 heteroatoms. The first-order valence-corrected chi connectivity index (χ1v) is 7.99. The van der Waals surface area contributed by atoms with Crippen molar-refractivity contribution >= 4 is 28.9 Å². The number of amides is 1. The normalized spacial score (nSPS) is 9.85. The molecule has 2 aromatic carbocycles. The van der Waals surface area contributed by atoms with Crippen LogP contribution in [-0.4, -0.2) is 39.5 Å². The summed E-state index contributed by atoms with van der Waals surface area (Å²) >= 11 is 5.21. The number of ether oxygens (including phenoxy) is 4. The zero-order valence-corrected chi connectivity index (χ0v) is 15.7. The van der Waals surface area contributed by atoms with Crippen molar-refractivity contribution in [3.63, 3.8) is 0 Å². The summed E-state index contributed by atoms with van der Waals surface area (Å²) in [7, 11) is 6.13. The van der Waals surface area contributed by atoms with E-state index in [1.807, 2.05) is 0 Å². The van der Waals surface area contributed by atoms with E-state index >= 15 is 0 Å². The van der Waals surface area contributed by atoms with Crippen LogP contribution in [0, 0.1) is 0 Å². The molecule has 2 rings (SSSR count). The van der Waals surface area contributed by atoms with Gasteiger partial charge in [0.05, 0.1) is 34.1 Å². The lowest BCUT2D eigenvalue weighted by Crippen LogP contribution is -2.34. The van der Waals surface area contributed by atoms with Crippen LogP contribution in [0.15, 0.2) is 36.4 Å². The van der Waals surface area contributed by atoms with Crippen LogP contribution in [-0.2, 0) is 0 Å². The van der Waals surface area contributed by atoms with E-state index in [2.05, 4.69) is 10.6 Å². The summed E-state index contributed by atoms with van der Waals surface area (Å²) in [6, 6.07) is 10.0. The topological polar surface area (TPSA) is 78.1 Å². The highest BCUT2D eigenvalue weighted by Crippen LogP contribution is 2.29. The lowest BCUT2D eigenvalue weighted by atomic mass is 10.2. The second kappa shape index (κ2) is 8.91. The van der Waals surface area contributed by atoms with Gasteiger partial charge in [-0.3, -0.25) is 10.1 Å². The Balaban J connectivity index is 2.09. The Morgan fingerprint density at radius 1 is 0.846 bits per heavy atom. The summed E-state index contributed by atoms with van der Waals surface area (Å²) in [5, 5.41) is 5.67. The van der Waals surface area contributed by atoms with Crippen LogP contribution in [0.2, 0.25) is 0 Å². The lowest BCUT2D eigenvalue weighted by Gasteiger charge is -2.14. The highest BCUT2D eigenvalue weighted by molar-refractivity contribution is 7.80. The van der Waals surface area contributed by atoms with Crippen LogP contribution >= 0.6 is 12.2 Å². The molecule has 7 nitrogen and oxygen atoms in total. The van der Waals surface area contributed by atoms with Gasteiger partial charge >= 0.3 is 0 Å². The Morgan fingerprint density at radius 3 is 2.15 bits per heavy atom. The third-order valence-corrected chi connectivity index (χ3v) is 3.73. The molecule has 0 radical (unpaired) electrons. The second-order valence-electron chi connectivity index (χ2n) is 5.04. The van der Waals surface area contributed by atoms with Crippen molar-refractivity contribution < 1.29 is 23.7 Å². The first-order valence-electron chi connectivity index (χ1n) is 7.58. The maximum atomic E-state index is 12.4. The summed E-state index contributed by atoms with van der Waals surface area (Å²) in [6.45, 7) is 0. The number of thiocarbonyl (C=S) groups is 1. The quantitative estimate of drug-likeness (QED) is 0.751. The van der Waals surface area contributed by atoms with Crippen molar-refractivity contribution in [3.8, 4) is 23.0 Å². The van der Waals surface area contributed by atoms with Crippen LogP contribution in [0.4, 0.5) is 5.69 Å². The second-order valence-corrected chi connectivity index (χ2v) is 5.45. The molecule has 0 atom stereocenters. The number of rotatable bonds is 6. The average molecular weight is 376 g/mol. The number of carbonyl (C=O) groups is 1. The van der Waals surface area contributed by atoms with E-state index in [1.165, 1.54) is 21.3 Å². The molecule has 2 aromatic rings. The Hall–Kier alpha value is -3.00. The monoisotopic (exact) mass is 376 g/mol. The molecule has 0 saturated carbocycles. The lowest BCUT2D eigenvalue weighted by molar-refractivity contribution is 0.0977. The van der Waals surface area contributed by atoms with E-state index in [0.717, 1.165) is 0 Å². The van der Waals surface area contributed by atoms with Gasteiger partial charge in [-0.15, -0.1) is 0 Å². The molecule has 0 bridgehead atoms. The van der Waals surface area contributed by atoms with Gasteiger partial charge in [0.2, 0.25) is 0 Å². The molecule has 1 amide bonds. The zero-order chi connectivity index (χ0) is 19.1. The minimum atomic E-state index is -0.379. The van der Waals surface area contributed by atoms with Gasteiger partial charge in [-0.05, 0) is 42.5 Å². The average Bonchev–Trinajstić information content (AvgIpc) is 2.67. The number of carbonyl (C=O) groups excluding carboxylic acids is 1. The smallest absolute Gasteiger partial charge is 0.257 e. The minimum Gasteiger partial charge on any atom is -0.497 e. The summed E-state index contributed by atoms with van der Waals surface area (Å²) in [5.74, 6) is 1.79. The van der Waals surface area contributed by atoms with E-state index in [9.17, 15) is 4.79 Å². The minimum absolute atomic E-state index is 0.133. The molecule has 0 aliphatic carbocycles. The predicted octanol–water partition coefficient (Wildman–Crippen LogP) is 2.85. The molecule has 0 fully saturated rings. The molecule has 0 heterocycles. The number of benzene rings is 2. The van der Waals surface area contributed by atoms with Crippen LogP contribution in [0.3, 0.4) is 0 Å². The number of nitrogens with one attached hydrogen (secondary N) is 2. The van der Waals surface area contributed by atoms with E-state index in [0.29, 0.717) is 34.2 Å². The van der Waals surface area contributed by atoms with Crippen molar-refractivity contribution in [1.82, 2.24) is 5.32 Å². The van der Waals surface area contributed by atoms with Crippen LogP contribution in [0.1, 0.15) is 10.4 Å². The summed E-state index contributed by atoms with van der Waals surface area (Å²) in [5.41, 5.74) is 0.986. The van der Waals surface area contributed by atoms with Gasteiger partial charge in [-0.1, -0.05) is 0 Å². The highest BCUT2D eigenvalue weighted by Gasteiger charge is 2.13. The molecular weight excluding hydrogens is 356 g/mol. The van der Waals surface area contributed by atoms with Crippen molar-refractivity contribution in [2.24, 2.45) is 0 Å². The number of hydrogen-bond acceptors (Lipinski definition) is 6. The van der Waals surface area contributed by atoms with Gasteiger partial charge in [0.1, 0.15) is 11.5 Å². The summed E-state index contributed by atoms with van der Waals surface area (Å²) in [4.78, 5) is 12.4. The number of methoxy groups -OCH3 is 4. The molecule has 0 aromatic heterocycles. The zero-order valence-electron chi connectivity index (χ0n) is 14.9. The number of anilines is 1. The fourth-order valence-corrected chi connectivity index (χ4v) is 2.41. The molecule has 138 valence electrons. The molecule has 26 heavy (non-hydrogen) atoms. The Kier molecular flexibility index (Phi) is 6.62. The van der Waals surface area contributed by atoms with Gasteiger partial charge in [0.15, 0.2) is 16.6 Å². The molecular formula is C18H20N2O5S. The standard InChI is InChI=1S/C18H20N2O5S/c1-22-12-6-7-13(15(10-12)24-3)19-18(26)20-17(21)11-5-8-14(23-2)16(9-11)25-4/h5-10H,1-4H3,(H2,19,20,21,26). The molecule has 0 saturated heterocycles. The van der Waals surface area contributed by atoms with Crippen molar-refractivity contribution in [2.75, 3.05) is 33.8 Å². The van der Waals surface area contributed by atoms with E-state index in [1.54, 1.807) is 43.5 Å². The van der Waals surface area contributed by atoms with Gasteiger partial charge in [0.25, 0.3) is 5.91 Å². The summed E-state index contributed by atoms with van der Waals surface area (Å²) < 4.78 is 20.8. The van der Waals surface area contributed by atoms with Crippen LogP contribution < -0.4 is 29.6 Å². The van der Waals surface area contributed by atoms with E-state index < -0.39 is 0 Å². The van der Waals surface area contributed by atoms with Crippen molar-refractivity contribution in [3.05, 3.63) is 42.0 Å². The van der Waals surface area contributed by atoms with Crippen LogP contribution in [0.25, 0.3) is 0 Å². The fourth-order valence-electron chi connectivity index (χ4n) is 2.21. The SMILES string of the molecule is COc1ccc(NC(=S)NC(=O)c2ccc(OC)c(OC)c2)c(OC)c1. The first kappa shape index (κ1) is 19.3. The number of hydrogen-bond donors (Lipinski definition) is 2. The maximum absolute atomic E-state index is 12.4. The predicted molar refractivity (Wildman–Crippen MR) is 103 cm³/mol. The third kappa shape index (κ3) is 4.54. The Bertz CT molecular complexity index is 810. The van der Waals surface area contributed by atoms with Gasteiger partial charge in [-0.2, -0.15) is 0 Å². The third-order valence-electron chi connectivity index (χ3n) is 3.53. The molecule has 0 unspecified atom stereocenters. The summed E-state index contributed by atoms with van der Waals surface area (Å²) in [6.07, 6.45) is 0. The Labute approximate surface area is 157 Å². The molecule has 2 N–H and O–H groups in total. The van der Waals surface area contributed by atoms with Crippen LogP contribution in [0.5, 0.6) is 23.0 Å². The Morgan fingerprint density at radius 2 is 1.54 bits per heavy atom. The highest BCUT2D eigenvalue weighted by atomic mass is 32.1. The van der Waals surface area contributed by atoms with Gasteiger partial charge in [0, 0.05) is 11.6 Å². The fraction of sp³-hybridized carbons (Fsp3) is 0.222. The van der Waals surface area contributed by atoms with E-state index in [4.69, 9.17) is 31.2 Å². The first-order chi connectivity index (χ1) is 12.5. The van der Waals surface area contributed by atoms with E-state index in [-0.39, 0.29) is 11.0 Å². The van der Waals surface area contributed by atoms with Crippen molar-refractivity contribution in [1.29, 1.82) is 0 Å².